The molecule has 33 heavy (non-hydrogen) atoms. The van der Waals surface area contributed by atoms with Crippen LogP contribution in [0.1, 0.15) is 17.5 Å². The van der Waals surface area contributed by atoms with Crippen molar-refractivity contribution in [2.45, 2.75) is 19.4 Å². The van der Waals surface area contributed by atoms with Gasteiger partial charge in [0.25, 0.3) is 5.91 Å². The molecule has 2 amide bonds. The Bertz CT molecular complexity index is 978. The number of ether oxygens (including phenoxy) is 3. The van der Waals surface area contributed by atoms with Crippen LogP contribution in [0.25, 0.3) is 0 Å². The number of hydrogen-bond acceptors (Lipinski definition) is 6. The molecule has 1 atom stereocenters. The van der Waals surface area contributed by atoms with Crippen LogP contribution in [0.3, 0.4) is 0 Å². The number of carbonyl (C=O) groups excluding carboxylic acids is 3. The number of rotatable bonds is 10. The fourth-order valence-electron chi connectivity index (χ4n) is 3.75. The molecule has 1 heterocycles. The summed E-state index contributed by atoms with van der Waals surface area (Å²) in [6.07, 6.45) is 0.718. The van der Waals surface area contributed by atoms with Gasteiger partial charge in [-0.05, 0) is 29.7 Å². The predicted octanol–water partition coefficient (Wildman–Crippen LogP) is 2.30. The van der Waals surface area contributed by atoms with Crippen molar-refractivity contribution < 1.29 is 28.6 Å². The van der Waals surface area contributed by atoms with E-state index in [0.717, 1.165) is 11.1 Å². The Morgan fingerprint density at radius 2 is 1.76 bits per heavy atom. The van der Waals surface area contributed by atoms with Crippen molar-refractivity contribution in [2.75, 3.05) is 41.0 Å². The van der Waals surface area contributed by atoms with Gasteiger partial charge in [0.1, 0.15) is 0 Å². The third-order valence-corrected chi connectivity index (χ3v) is 5.69. The standard InChI is InChI=1S/C25H30N2O6/c1-26(15-19-7-5-4-6-8-19)24(29)17-33-25(30)20-14-23(28)27(16-20)12-11-18-9-10-21(31-2)22(13-18)32-3/h4-10,13,20H,11-12,14-17H2,1-3H3/t20-/m1/s1. The lowest BCUT2D eigenvalue weighted by molar-refractivity contribution is -0.155. The molecule has 1 aliphatic heterocycles. The number of amides is 2. The monoisotopic (exact) mass is 454 g/mol. The zero-order chi connectivity index (χ0) is 23.8. The van der Waals surface area contributed by atoms with Crippen LogP contribution in [0.15, 0.2) is 48.5 Å². The second kappa shape index (κ2) is 11.4. The van der Waals surface area contributed by atoms with Gasteiger partial charge in [-0.3, -0.25) is 14.4 Å². The molecule has 2 aromatic rings. The number of esters is 1. The first kappa shape index (κ1) is 24.1. The van der Waals surface area contributed by atoms with Crippen molar-refractivity contribution in [1.29, 1.82) is 0 Å². The summed E-state index contributed by atoms with van der Waals surface area (Å²) in [6.45, 7) is 0.872. The zero-order valence-electron chi connectivity index (χ0n) is 19.3. The number of methoxy groups -OCH3 is 2. The van der Waals surface area contributed by atoms with E-state index in [9.17, 15) is 14.4 Å². The second-order valence-corrected chi connectivity index (χ2v) is 8.02. The molecule has 0 spiro atoms. The summed E-state index contributed by atoms with van der Waals surface area (Å²) in [4.78, 5) is 40.3. The van der Waals surface area contributed by atoms with Crippen molar-refractivity contribution in [1.82, 2.24) is 9.80 Å². The normalized spacial score (nSPS) is 15.3. The highest BCUT2D eigenvalue weighted by molar-refractivity contribution is 5.88. The van der Waals surface area contributed by atoms with E-state index in [-0.39, 0.29) is 24.8 Å². The van der Waals surface area contributed by atoms with Crippen LogP contribution in [0, 0.1) is 5.92 Å². The zero-order valence-corrected chi connectivity index (χ0v) is 19.3. The molecule has 1 saturated heterocycles. The minimum absolute atomic E-state index is 0.0926. The highest BCUT2D eigenvalue weighted by Crippen LogP contribution is 2.28. The maximum absolute atomic E-state index is 12.4. The first-order valence-electron chi connectivity index (χ1n) is 10.8. The average Bonchev–Trinajstić information content (AvgIpc) is 3.21. The van der Waals surface area contributed by atoms with Gasteiger partial charge in [-0.25, -0.2) is 0 Å². The van der Waals surface area contributed by atoms with Gasteiger partial charge in [-0.15, -0.1) is 0 Å². The lowest BCUT2D eigenvalue weighted by Crippen LogP contribution is -2.33. The number of likely N-dealkylation sites (tertiary alicyclic amines) is 1. The van der Waals surface area contributed by atoms with E-state index in [1.165, 1.54) is 4.90 Å². The Morgan fingerprint density at radius 1 is 1.03 bits per heavy atom. The summed E-state index contributed by atoms with van der Waals surface area (Å²) < 4.78 is 15.8. The number of nitrogens with zero attached hydrogens (tertiary/aromatic N) is 2. The molecule has 1 aliphatic rings. The van der Waals surface area contributed by atoms with E-state index >= 15 is 0 Å². The number of carbonyl (C=O) groups is 3. The van der Waals surface area contributed by atoms with Gasteiger partial charge in [0, 0.05) is 33.1 Å². The Balaban J connectivity index is 1.45. The molecule has 0 N–H and O–H groups in total. The molecule has 0 aromatic heterocycles. The van der Waals surface area contributed by atoms with Crippen molar-refractivity contribution in [2.24, 2.45) is 5.92 Å². The third-order valence-electron chi connectivity index (χ3n) is 5.69. The summed E-state index contributed by atoms with van der Waals surface area (Å²) in [5, 5.41) is 0. The fourth-order valence-corrected chi connectivity index (χ4v) is 3.75. The van der Waals surface area contributed by atoms with Gasteiger partial charge in [-0.1, -0.05) is 36.4 Å². The van der Waals surface area contributed by atoms with E-state index in [2.05, 4.69) is 0 Å². The Kier molecular flexibility index (Phi) is 8.29. The quantitative estimate of drug-likeness (QED) is 0.512. The van der Waals surface area contributed by atoms with Crippen molar-refractivity contribution in [3.8, 4) is 11.5 Å². The van der Waals surface area contributed by atoms with Gasteiger partial charge in [0.2, 0.25) is 5.91 Å². The maximum Gasteiger partial charge on any atom is 0.311 e. The second-order valence-electron chi connectivity index (χ2n) is 8.02. The van der Waals surface area contributed by atoms with E-state index < -0.39 is 11.9 Å². The Hall–Kier alpha value is -3.55. The fraction of sp³-hybridized carbons (Fsp3) is 0.400. The molecule has 0 bridgehead atoms. The average molecular weight is 455 g/mol. The molecule has 8 heteroatoms. The molecular weight excluding hydrogens is 424 g/mol. The van der Waals surface area contributed by atoms with Gasteiger partial charge in [-0.2, -0.15) is 0 Å². The molecule has 2 aromatic carbocycles. The summed E-state index contributed by atoms with van der Waals surface area (Å²) in [6, 6.07) is 15.2. The molecule has 176 valence electrons. The van der Waals surface area contributed by atoms with Crippen LogP contribution in [-0.4, -0.2) is 68.5 Å². The topological polar surface area (TPSA) is 85.4 Å². The molecule has 0 aliphatic carbocycles. The molecule has 3 rings (SSSR count). The Morgan fingerprint density at radius 3 is 2.45 bits per heavy atom. The van der Waals surface area contributed by atoms with E-state index in [1.54, 1.807) is 26.2 Å². The largest absolute Gasteiger partial charge is 0.493 e. The van der Waals surface area contributed by atoms with Gasteiger partial charge in [0.05, 0.1) is 20.1 Å². The maximum atomic E-state index is 12.4. The molecule has 0 radical (unpaired) electrons. The highest BCUT2D eigenvalue weighted by Gasteiger charge is 2.35. The van der Waals surface area contributed by atoms with Crippen molar-refractivity contribution in [3.63, 3.8) is 0 Å². The minimum atomic E-state index is -0.560. The van der Waals surface area contributed by atoms with Crippen LogP contribution in [-0.2, 0) is 32.1 Å². The van der Waals surface area contributed by atoms with E-state index in [1.807, 2.05) is 48.5 Å². The summed E-state index contributed by atoms with van der Waals surface area (Å²) in [5.41, 5.74) is 1.99. The van der Waals surface area contributed by atoms with Gasteiger partial charge in [0.15, 0.2) is 18.1 Å². The lowest BCUT2D eigenvalue weighted by Gasteiger charge is -2.18. The SMILES string of the molecule is COc1ccc(CCN2C[C@H](C(=O)OCC(=O)N(C)Cc3ccccc3)CC2=O)cc1OC. The molecule has 1 fully saturated rings. The van der Waals surface area contributed by atoms with Crippen LogP contribution < -0.4 is 9.47 Å². The minimum Gasteiger partial charge on any atom is -0.493 e. The van der Waals surface area contributed by atoms with Crippen LogP contribution in [0.5, 0.6) is 11.5 Å². The molecule has 8 nitrogen and oxygen atoms in total. The predicted molar refractivity (Wildman–Crippen MR) is 122 cm³/mol. The number of benzene rings is 2. The van der Waals surface area contributed by atoms with E-state index in [4.69, 9.17) is 14.2 Å². The highest BCUT2D eigenvalue weighted by atomic mass is 16.5. The molecular formula is C25H30N2O6. The van der Waals surface area contributed by atoms with Gasteiger partial charge >= 0.3 is 5.97 Å². The first-order chi connectivity index (χ1) is 15.9. The lowest BCUT2D eigenvalue weighted by atomic mass is 10.1. The molecule has 0 saturated carbocycles. The smallest absolute Gasteiger partial charge is 0.311 e. The summed E-state index contributed by atoms with van der Waals surface area (Å²) in [7, 11) is 4.82. The number of hydrogen-bond donors (Lipinski definition) is 0. The van der Waals surface area contributed by atoms with Crippen molar-refractivity contribution >= 4 is 17.8 Å². The first-order valence-corrected chi connectivity index (χ1v) is 10.8. The van der Waals surface area contributed by atoms with Crippen LogP contribution >= 0.6 is 0 Å². The summed E-state index contributed by atoms with van der Waals surface area (Å²) in [5.74, 6) is -0.184. The third kappa shape index (κ3) is 6.47. The van der Waals surface area contributed by atoms with Gasteiger partial charge < -0.3 is 24.0 Å². The van der Waals surface area contributed by atoms with Crippen LogP contribution in [0.2, 0.25) is 0 Å². The van der Waals surface area contributed by atoms with E-state index in [0.29, 0.717) is 37.6 Å². The van der Waals surface area contributed by atoms with Crippen molar-refractivity contribution in [3.05, 3.63) is 59.7 Å². The Labute approximate surface area is 194 Å². The van der Waals surface area contributed by atoms with Crippen LogP contribution in [0.4, 0.5) is 0 Å². The number of likely N-dealkylation sites (N-methyl/N-ethyl adjacent to an activating group) is 1. The summed E-state index contributed by atoms with van der Waals surface area (Å²) >= 11 is 0. The molecule has 0 unspecified atom stereocenters.